The lowest BCUT2D eigenvalue weighted by Crippen LogP contribution is -2.06. The third-order valence-electron chi connectivity index (χ3n) is 1.95. The molecular weight excluding hydrogens is 176 g/mol. The molecule has 1 aromatic heterocycles. The molecule has 5 heteroatoms. The maximum Gasteiger partial charge on any atom is 0.279 e. The van der Waals surface area contributed by atoms with Gasteiger partial charge < -0.3 is 10.3 Å². The van der Waals surface area contributed by atoms with Crippen molar-refractivity contribution in [2.45, 2.75) is 19.3 Å². The molecule has 3 nitrogen and oxygen atoms in total. The number of hydrogen-bond acceptors (Lipinski definition) is 2. The Morgan fingerprint density at radius 1 is 1.62 bits per heavy atom. The van der Waals surface area contributed by atoms with Gasteiger partial charge in [0, 0.05) is 13.5 Å². The fraction of sp³-hybridized carbons (Fsp3) is 0.625. The number of aryl methyl sites for hydroxylation is 1. The molecule has 0 aliphatic carbocycles. The van der Waals surface area contributed by atoms with Crippen molar-refractivity contribution < 1.29 is 8.78 Å². The standard InChI is InChI=1S/C8H13F2N3/c1-13-6(8(9)10)5-12-7(13)3-2-4-11/h5,8H,2-4,11H2,1H3. The predicted molar refractivity (Wildman–Crippen MR) is 45.5 cm³/mol. The van der Waals surface area contributed by atoms with Gasteiger partial charge in [0.2, 0.25) is 0 Å². The number of hydrogen-bond donors (Lipinski definition) is 1. The Labute approximate surface area is 75.6 Å². The number of nitrogens with two attached hydrogens (primary N) is 1. The largest absolute Gasteiger partial charge is 0.330 e. The Morgan fingerprint density at radius 2 is 2.31 bits per heavy atom. The second kappa shape index (κ2) is 4.32. The van der Waals surface area contributed by atoms with E-state index in [1.807, 2.05) is 0 Å². The molecule has 0 fully saturated rings. The van der Waals surface area contributed by atoms with Crippen LogP contribution < -0.4 is 5.73 Å². The summed E-state index contributed by atoms with van der Waals surface area (Å²) < 4.78 is 26.0. The molecule has 0 saturated heterocycles. The van der Waals surface area contributed by atoms with Crippen LogP contribution in [0.4, 0.5) is 8.78 Å². The second-order valence-corrected chi connectivity index (χ2v) is 2.85. The molecule has 1 rings (SSSR count). The quantitative estimate of drug-likeness (QED) is 0.774. The Balaban J connectivity index is 2.74. The maximum absolute atomic E-state index is 12.3. The van der Waals surface area contributed by atoms with Gasteiger partial charge in [0.1, 0.15) is 11.5 Å². The minimum Gasteiger partial charge on any atom is -0.330 e. The van der Waals surface area contributed by atoms with Crippen LogP contribution in [0.5, 0.6) is 0 Å². The summed E-state index contributed by atoms with van der Waals surface area (Å²) in [4.78, 5) is 3.90. The van der Waals surface area contributed by atoms with Gasteiger partial charge >= 0.3 is 0 Å². The average molecular weight is 189 g/mol. The van der Waals surface area contributed by atoms with Gasteiger partial charge in [0.05, 0.1) is 6.20 Å². The van der Waals surface area contributed by atoms with E-state index in [1.165, 1.54) is 10.8 Å². The lowest BCUT2D eigenvalue weighted by molar-refractivity contribution is 0.142. The summed E-state index contributed by atoms with van der Waals surface area (Å²) in [6.07, 6.45) is 0.188. The smallest absolute Gasteiger partial charge is 0.279 e. The Hall–Kier alpha value is -0.970. The van der Waals surface area contributed by atoms with Gasteiger partial charge in [-0.25, -0.2) is 13.8 Å². The Kier molecular flexibility index (Phi) is 3.36. The average Bonchev–Trinajstić information content (AvgIpc) is 2.43. The summed E-state index contributed by atoms with van der Waals surface area (Å²) in [5.41, 5.74) is 5.27. The van der Waals surface area contributed by atoms with E-state index in [4.69, 9.17) is 5.73 Å². The van der Waals surface area contributed by atoms with Crippen LogP contribution >= 0.6 is 0 Å². The minimum absolute atomic E-state index is 0.0352. The molecule has 1 aromatic rings. The lowest BCUT2D eigenvalue weighted by atomic mass is 10.3. The molecule has 0 atom stereocenters. The summed E-state index contributed by atoms with van der Waals surface area (Å²) >= 11 is 0. The number of halogens is 2. The van der Waals surface area contributed by atoms with Gasteiger partial charge in [-0.1, -0.05) is 0 Å². The van der Waals surface area contributed by atoms with E-state index in [9.17, 15) is 8.78 Å². The molecule has 0 spiro atoms. The molecule has 0 aromatic carbocycles. The van der Waals surface area contributed by atoms with Crippen LogP contribution in [0.15, 0.2) is 6.20 Å². The summed E-state index contributed by atoms with van der Waals surface area (Å²) in [5, 5.41) is 0. The van der Waals surface area contributed by atoms with Gasteiger partial charge in [-0.2, -0.15) is 0 Å². The van der Waals surface area contributed by atoms with E-state index in [1.54, 1.807) is 7.05 Å². The fourth-order valence-electron chi connectivity index (χ4n) is 1.16. The topological polar surface area (TPSA) is 43.8 Å². The van der Waals surface area contributed by atoms with E-state index in [-0.39, 0.29) is 5.69 Å². The normalized spacial score (nSPS) is 11.2. The van der Waals surface area contributed by atoms with E-state index in [2.05, 4.69) is 4.98 Å². The van der Waals surface area contributed by atoms with E-state index in [0.29, 0.717) is 18.8 Å². The van der Waals surface area contributed by atoms with Crippen molar-refractivity contribution in [2.75, 3.05) is 6.54 Å². The van der Waals surface area contributed by atoms with Crippen molar-refractivity contribution in [1.29, 1.82) is 0 Å². The zero-order chi connectivity index (χ0) is 9.84. The molecule has 74 valence electrons. The van der Waals surface area contributed by atoms with Crippen molar-refractivity contribution in [2.24, 2.45) is 12.8 Å². The van der Waals surface area contributed by atoms with Gasteiger partial charge in [-0.15, -0.1) is 0 Å². The van der Waals surface area contributed by atoms with Crippen LogP contribution in [0.3, 0.4) is 0 Å². The molecule has 0 aliphatic heterocycles. The number of imidazole rings is 1. The molecule has 0 saturated carbocycles. The third-order valence-corrected chi connectivity index (χ3v) is 1.95. The highest BCUT2D eigenvalue weighted by Crippen LogP contribution is 2.18. The first-order valence-corrected chi connectivity index (χ1v) is 4.15. The molecule has 2 N–H and O–H groups in total. The van der Waals surface area contributed by atoms with Crippen LogP contribution in [0.1, 0.15) is 24.4 Å². The molecule has 0 unspecified atom stereocenters. The van der Waals surface area contributed by atoms with Crippen molar-refractivity contribution >= 4 is 0 Å². The lowest BCUT2D eigenvalue weighted by Gasteiger charge is -2.03. The molecule has 0 radical (unpaired) electrons. The number of alkyl halides is 2. The van der Waals surface area contributed by atoms with Crippen molar-refractivity contribution in [3.8, 4) is 0 Å². The summed E-state index contributed by atoms with van der Waals surface area (Å²) in [7, 11) is 1.60. The first-order valence-electron chi connectivity index (χ1n) is 4.15. The monoisotopic (exact) mass is 189 g/mol. The zero-order valence-electron chi connectivity index (χ0n) is 7.50. The summed E-state index contributed by atoms with van der Waals surface area (Å²) in [6, 6.07) is 0. The van der Waals surface area contributed by atoms with Crippen molar-refractivity contribution in [1.82, 2.24) is 9.55 Å². The first kappa shape index (κ1) is 10.1. The highest BCUT2D eigenvalue weighted by Gasteiger charge is 2.14. The Bertz CT molecular complexity index is 270. The van der Waals surface area contributed by atoms with Crippen LogP contribution in [0, 0.1) is 0 Å². The third kappa shape index (κ3) is 2.24. The zero-order valence-corrected chi connectivity index (χ0v) is 7.50. The van der Waals surface area contributed by atoms with Crippen LogP contribution in [0.2, 0.25) is 0 Å². The molecular formula is C8H13F2N3. The highest BCUT2D eigenvalue weighted by atomic mass is 19.3. The minimum atomic E-state index is -2.45. The molecule has 0 aliphatic rings. The maximum atomic E-state index is 12.3. The number of rotatable bonds is 4. The predicted octanol–water partition coefficient (Wildman–Crippen LogP) is 1.25. The van der Waals surface area contributed by atoms with Gasteiger partial charge in [-0.05, 0) is 13.0 Å². The van der Waals surface area contributed by atoms with Crippen LogP contribution in [-0.4, -0.2) is 16.1 Å². The van der Waals surface area contributed by atoms with Gasteiger partial charge in [0.15, 0.2) is 0 Å². The van der Waals surface area contributed by atoms with E-state index in [0.717, 1.165) is 6.42 Å². The SMILES string of the molecule is Cn1c(C(F)F)cnc1CCCN. The van der Waals surface area contributed by atoms with Crippen molar-refractivity contribution in [3.05, 3.63) is 17.7 Å². The first-order chi connectivity index (χ1) is 6.16. The summed E-state index contributed by atoms with van der Waals surface area (Å²) in [6.45, 7) is 0.552. The molecule has 1 heterocycles. The Morgan fingerprint density at radius 3 is 2.77 bits per heavy atom. The fourth-order valence-corrected chi connectivity index (χ4v) is 1.16. The second-order valence-electron chi connectivity index (χ2n) is 2.85. The summed E-state index contributed by atoms with van der Waals surface area (Å²) in [5.74, 6) is 0.667. The van der Waals surface area contributed by atoms with Gasteiger partial charge in [0.25, 0.3) is 6.43 Å². The number of nitrogens with zero attached hydrogens (tertiary/aromatic N) is 2. The highest BCUT2D eigenvalue weighted by molar-refractivity contribution is 5.06. The van der Waals surface area contributed by atoms with Gasteiger partial charge in [-0.3, -0.25) is 0 Å². The van der Waals surface area contributed by atoms with E-state index < -0.39 is 6.43 Å². The molecule has 0 bridgehead atoms. The van der Waals surface area contributed by atoms with Crippen LogP contribution in [0.25, 0.3) is 0 Å². The number of aromatic nitrogens is 2. The molecule has 13 heavy (non-hydrogen) atoms. The van der Waals surface area contributed by atoms with Crippen LogP contribution in [-0.2, 0) is 13.5 Å². The van der Waals surface area contributed by atoms with Crippen molar-refractivity contribution in [3.63, 3.8) is 0 Å². The molecule has 0 amide bonds. The van der Waals surface area contributed by atoms with E-state index >= 15 is 0 Å².